The maximum absolute atomic E-state index is 11.5. The Hall–Kier alpha value is -1.63. The highest BCUT2D eigenvalue weighted by Crippen LogP contribution is 2.19. The third-order valence-corrected chi connectivity index (χ3v) is 3.09. The number of nitrogens with two attached hydrogens (primary N) is 1. The summed E-state index contributed by atoms with van der Waals surface area (Å²) in [7, 11) is 0. The molecule has 2 unspecified atom stereocenters. The number of carbonyl (C=O) groups is 3. The summed E-state index contributed by atoms with van der Waals surface area (Å²) >= 11 is 0. The van der Waals surface area contributed by atoms with Crippen LogP contribution in [-0.2, 0) is 14.4 Å². The van der Waals surface area contributed by atoms with Gasteiger partial charge in [-0.2, -0.15) is 0 Å². The fourth-order valence-electron chi connectivity index (χ4n) is 2.04. The van der Waals surface area contributed by atoms with E-state index < -0.39 is 24.0 Å². The Bertz CT molecular complexity index is 344. The Kier molecular flexibility index (Phi) is 5.08. The number of hydrogen-bond donors (Lipinski definition) is 3. The highest BCUT2D eigenvalue weighted by Gasteiger charge is 2.35. The van der Waals surface area contributed by atoms with E-state index in [1.165, 1.54) is 4.90 Å². The molecule has 1 rings (SSSR count). The van der Waals surface area contributed by atoms with Crippen LogP contribution >= 0.6 is 0 Å². The van der Waals surface area contributed by atoms with Gasteiger partial charge in [0.05, 0.1) is 0 Å². The summed E-state index contributed by atoms with van der Waals surface area (Å²) in [6.07, 6.45) is 2.07. The Balaban J connectivity index is 2.31. The number of carbonyl (C=O) groups excluding carboxylic acids is 1. The second-order valence-corrected chi connectivity index (χ2v) is 4.42. The lowest BCUT2D eigenvalue weighted by Gasteiger charge is -2.21. The average Bonchev–Trinajstić information content (AvgIpc) is 2.66. The van der Waals surface area contributed by atoms with Crippen molar-refractivity contribution in [3.05, 3.63) is 0 Å². The van der Waals surface area contributed by atoms with E-state index in [0.29, 0.717) is 32.2 Å². The number of nitrogens with zero attached hydrogens (tertiary/aromatic N) is 1. The van der Waals surface area contributed by atoms with Crippen LogP contribution in [0.2, 0.25) is 0 Å². The van der Waals surface area contributed by atoms with Crippen molar-refractivity contribution >= 4 is 17.8 Å². The van der Waals surface area contributed by atoms with Crippen molar-refractivity contribution < 1.29 is 24.6 Å². The molecule has 1 fully saturated rings. The quantitative estimate of drug-likeness (QED) is 0.536. The van der Waals surface area contributed by atoms with Gasteiger partial charge in [0.1, 0.15) is 12.1 Å². The van der Waals surface area contributed by atoms with Gasteiger partial charge in [-0.25, -0.2) is 4.79 Å². The van der Waals surface area contributed by atoms with E-state index in [2.05, 4.69) is 0 Å². The number of amides is 1. The molecule has 7 nitrogen and oxygen atoms in total. The van der Waals surface area contributed by atoms with E-state index in [4.69, 9.17) is 15.9 Å². The predicted molar refractivity (Wildman–Crippen MR) is 61.8 cm³/mol. The predicted octanol–water partition coefficient (Wildman–Crippen LogP) is -0.356. The molecule has 0 bridgehead atoms. The number of carboxylic acids is 2. The molecule has 1 heterocycles. The topological polar surface area (TPSA) is 121 Å². The summed E-state index contributed by atoms with van der Waals surface area (Å²) in [5, 5.41) is 17.5. The van der Waals surface area contributed by atoms with Crippen molar-refractivity contribution in [2.75, 3.05) is 6.54 Å². The van der Waals surface area contributed by atoms with Gasteiger partial charge < -0.3 is 20.8 Å². The van der Waals surface area contributed by atoms with Crippen LogP contribution in [0.3, 0.4) is 0 Å². The Morgan fingerprint density at radius 3 is 2.61 bits per heavy atom. The zero-order valence-electron chi connectivity index (χ0n) is 10.0. The van der Waals surface area contributed by atoms with E-state index in [9.17, 15) is 14.4 Å². The van der Waals surface area contributed by atoms with Gasteiger partial charge in [-0.05, 0) is 25.7 Å². The first-order valence-electron chi connectivity index (χ1n) is 5.94. The van der Waals surface area contributed by atoms with Crippen molar-refractivity contribution in [1.29, 1.82) is 0 Å². The van der Waals surface area contributed by atoms with Crippen molar-refractivity contribution in [3.63, 3.8) is 0 Å². The SMILES string of the molecule is NC(CCCCN1C(=O)CCC1C(=O)O)C(=O)O. The number of hydrogen-bond acceptors (Lipinski definition) is 4. The van der Waals surface area contributed by atoms with E-state index in [-0.39, 0.29) is 12.3 Å². The molecule has 0 aliphatic carbocycles. The molecule has 0 aromatic rings. The van der Waals surface area contributed by atoms with Crippen molar-refractivity contribution in [3.8, 4) is 0 Å². The highest BCUT2D eigenvalue weighted by atomic mass is 16.4. The standard InChI is InChI=1S/C11H18N2O5/c12-7(10(15)16)3-1-2-6-13-8(11(17)18)4-5-9(13)14/h7-8H,1-6,12H2,(H,15,16)(H,17,18). The van der Waals surface area contributed by atoms with Gasteiger partial charge in [-0.15, -0.1) is 0 Å². The number of unbranched alkanes of at least 4 members (excludes halogenated alkanes) is 1. The number of rotatable bonds is 7. The summed E-state index contributed by atoms with van der Waals surface area (Å²) in [4.78, 5) is 34.2. The second kappa shape index (κ2) is 6.34. The Morgan fingerprint density at radius 1 is 1.39 bits per heavy atom. The lowest BCUT2D eigenvalue weighted by atomic mass is 10.1. The molecule has 1 aliphatic rings. The molecule has 1 amide bonds. The zero-order valence-corrected chi connectivity index (χ0v) is 10.0. The van der Waals surface area contributed by atoms with Crippen LogP contribution < -0.4 is 5.73 Å². The lowest BCUT2D eigenvalue weighted by Crippen LogP contribution is -2.39. The van der Waals surface area contributed by atoms with Crippen LogP contribution in [0.1, 0.15) is 32.1 Å². The molecule has 0 aromatic carbocycles. The summed E-state index contributed by atoms with van der Waals surface area (Å²) in [5.74, 6) is -2.18. The van der Waals surface area contributed by atoms with Crippen LogP contribution in [0.4, 0.5) is 0 Å². The molecule has 4 N–H and O–H groups in total. The molecule has 0 radical (unpaired) electrons. The summed E-state index contributed by atoms with van der Waals surface area (Å²) in [6.45, 7) is 0.349. The van der Waals surface area contributed by atoms with Crippen molar-refractivity contribution in [2.24, 2.45) is 5.73 Å². The van der Waals surface area contributed by atoms with Crippen molar-refractivity contribution in [2.45, 2.75) is 44.2 Å². The minimum Gasteiger partial charge on any atom is -0.480 e. The molecule has 0 aromatic heterocycles. The van der Waals surface area contributed by atoms with Gasteiger partial charge in [0.2, 0.25) is 5.91 Å². The first-order valence-corrected chi connectivity index (χ1v) is 5.94. The molecule has 0 spiro atoms. The first kappa shape index (κ1) is 14.4. The number of likely N-dealkylation sites (tertiary alicyclic amines) is 1. The highest BCUT2D eigenvalue weighted by molar-refractivity contribution is 5.87. The first-order chi connectivity index (χ1) is 8.43. The van der Waals surface area contributed by atoms with Crippen LogP contribution in [0, 0.1) is 0 Å². The molecule has 102 valence electrons. The minimum atomic E-state index is -1.05. The summed E-state index contributed by atoms with van der Waals surface area (Å²) in [6, 6.07) is -1.62. The van der Waals surface area contributed by atoms with Crippen LogP contribution in [0.25, 0.3) is 0 Å². The third-order valence-electron chi connectivity index (χ3n) is 3.09. The van der Waals surface area contributed by atoms with Gasteiger partial charge >= 0.3 is 11.9 Å². The molecule has 2 atom stereocenters. The fourth-order valence-corrected chi connectivity index (χ4v) is 2.04. The van der Waals surface area contributed by atoms with E-state index in [1.54, 1.807) is 0 Å². The smallest absolute Gasteiger partial charge is 0.326 e. The molecule has 0 saturated carbocycles. The van der Waals surface area contributed by atoms with Gasteiger partial charge in [-0.1, -0.05) is 0 Å². The molecule has 18 heavy (non-hydrogen) atoms. The van der Waals surface area contributed by atoms with Gasteiger partial charge in [0, 0.05) is 13.0 Å². The third kappa shape index (κ3) is 3.69. The lowest BCUT2D eigenvalue weighted by molar-refractivity contribution is -0.146. The zero-order chi connectivity index (χ0) is 13.7. The van der Waals surface area contributed by atoms with Crippen LogP contribution in [0.5, 0.6) is 0 Å². The minimum absolute atomic E-state index is 0.148. The maximum Gasteiger partial charge on any atom is 0.326 e. The van der Waals surface area contributed by atoms with Gasteiger partial charge in [0.25, 0.3) is 0 Å². The molecule has 1 aliphatic heterocycles. The molecular weight excluding hydrogens is 240 g/mol. The van der Waals surface area contributed by atoms with E-state index in [1.807, 2.05) is 0 Å². The summed E-state index contributed by atoms with van der Waals surface area (Å²) < 4.78 is 0. The van der Waals surface area contributed by atoms with E-state index >= 15 is 0 Å². The van der Waals surface area contributed by atoms with Crippen molar-refractivity contribution in [1.82, 2.24) is 4.90 Å². The monoisotopic (exact) mass is 258 g/mol. The fraction of sp³-hybridized carbons (Fsp3) is 0.727. The molecule has 7 heteroatoms. The Labute approximate surface area is 105 Å². The maximum atomic E-state index is 11.5. The van der Waals surface area contributed by atoms with Gasteiger partial charge in [-0.3, -0.25) is 9.59 Å². The normalized spacial score (nSPS) is 21.1. The Morgan fingerprint density at radius 2 is 2.06 bits per heavy atom. The number of carboxylic acid groups (broad SMARTS) is 2. The van der Waals surface area contributed by atoms with Gasteiger partial charge in [0.15, 0.2) is 0 Å². The molecular formula is C11H18N2O5. The van der Waals surface area contributed by atoms with E-state index in [0.717, 1.165) is 0 Å². The molecule has 1 saturated heterocycles. The number of aliphatic carboxylic acids is 2. The summed E-state index contributed by atoms with van der Waals surface area (Å²) in [5.41, 5.74) is 5.34. The average molecular weight is 258 g/mol. The van der Waals surface area contributed by atoms with Crippen LogP contribution in [0.15, 0.2) is 0 Å². The largest absolute Gasteiger partial charge is 0.480 e. The van der Waals surface area contributed by atoms with Crippen LogP contribution in [-0.4, -0.2) is 51.6 Å². The second-order valence-electron chi connectivity index (χ2n) is 4.42.